The van der Waals surface area contributed by atoms with Crippen molar-refractivity contribution in [3.8, 4) is 0 Å². The third-order valence-electron chi connectivity index (χ3n) is 3.27. The van der Waals surface area contributed by atoms with E-state index in [0.29, 0.717) is 5.52 Å². The summed E-state index contributed by atoms with van der Waals surface area (Å²) in [5.41, 5.74) is 2.38. The molecule has 0 aliphatic heterocycles. The molecular weight excluding hydrogens is 318 g/mol. The Labute approximate surface area is 131 Å². The van der Waals surface area contributed by atoms with Gasteiger partial charge >= 0.3 is 5.76 Å². The number of rotatable bonds is 4. The first-order chi connectivity index (χ1) is 11.0. The van der Waals surface area contributed by atoms with Crippen LogP contribution in [0.4, 0.5) is 0 Å². The number of hydrogen-bond donors (Lipinski definition) is 2. The first-order valence-electron chi connectivity index (χ1n) is 6.69. The molecule has 1 heterocycles. The quantitative estimate of drug-likeness (QED) is 0.561. The number of nitrogens with one attached hydrogen (secondary N) is 2. The van der Waals surface area contributed by atoms with Crippen molar-refractivity contribution in [2.75, 3.05) is 0 Å². The molecule has 23 heavy (non-hydrogen) atoms. The maximum atomic E-state index is 12.2. The number of fused-ring (bicyclic) bond motifs is 1. The van der Waals surface area contributed by atoms with Crippen molar-refractivity contribution in [2.45, 2.75) is 11.8 Å². The molecule has 0 aliphatic carbocycles. The van der Waals surface area contributed by atoms with Crippen LogP contribution < -0.4 is 10.6 Å². The Balaban J connectivity index is 1.85. The highest BCUT2D eigenvalue weighted by Gasteiger charge is 2.14. The van der Waals surface area contributed by atoms with Gasteiger partial charge < -0.3 is 4.42 Å². The van der Waals surface area contributed by atoms with Crippen LogP contribution in [0.25, 0.3) is 11.1 Å². The van der Waals surface area contributed by atoms with Gasteiger partial charge in [-0.15, -0.1) is 0 Å². The van der Waals surface area contributed by atoms with E-state index < -0.39 is 15.8 Å². The van der Waals surface area contributed by atoms with Crippen LogP contribution in [0.1, 0.15) is 11.1 Å². The molecular formula is C15H13N3O4S. The average Bonchev–Trinajstić information content (AvgIpc) is 2.88. The number of aromatic amines is 1. The van der Waals surface area contributed by atoms with E-state index in [1.54, 1.807) is 0 Å². The lowest BCUT2D eigenvalue weighted by atomic mass is 10.1. The zero-order valence-corrected chi connectivity index (χ0v) is 12.9. The number of hydrogen-bond acceptors (Lipinski definition) is 5. The smallest absolute Gasteiger partial charge is 0.408 e. The van der Waals surface area contributed by atoms with Crippen molar-refractivity contribution in [3.05, 3.63) is 64.1 Å². The second-order valence-electron chi connectivity index (χ2n) is 4.88. The van der Waals surface area contributed by atoms with Crippen molar-refractivity contribution >= 4 is 27.3 Å². The van der Waals surface area contributed by atoms with Crippen LogP contribution in [0.15, 0.2) is 61.7 Å². The van der Waals surface area contributed by atoms with Gasteiger partial charge in [0, 0.05) is 6.07 Å². The highest BCUT2D eigenvalue weighted by Crippen LogP contribution is 2.16. The van der Waals surface area contributed by atoms with Crippen molar-refractivity contribution in [1.82, 2.24) is 9.82 Å². The SMILES string of the molecule is Cc1ccccc1/C=N/NS(=O)(=O)c1ccc2[nH]c(=O)oc2c1. The highest BCUT2D eigenvalue weighted by atomic mass is 32.2. The summed E-state index contributed by atoms with van der Waals surface area (Å²) in [6.07, 6.45) is 1.43. The second kappa shape index (κ2) is 5.73. The molecule has 0 bridgehead atoms. The largest absolute Gasteiger partial charge is 0.417 e. The third kappa shape index (κ3) is 3.16. The third-order valence-corrected chi connectivity index (χ3v) is 4.49. The highest BCUT2D eigenvalue weighted by molar-refractivity contribution is 7.89. The van der Waals surface area contributed by atoms with Crippen LogP contribution in [-0.4, -0.2) is 19.6 Å². The molecule has 0 atom stereocenters. The van der Waals surface area contributed by atoms with Gasteiger partial charge in [0.05, 0.1) is 16.6 Å². The first-order valence-corrected chi connectivity index (χ1v) is 8.17. The molecule has 0 amide bonds. The number of nitrogens with zero attached hydrogens (tertiary/aromatic N) is 1. The number of aryl methyl sites for hydroxylation is 1. The Morgan fingerprint density at radius 1 is 1.22 bits per heavy atom. The monoisotopic (exact) mass is 331 g/mol. The van der Waals surface area contributed by atoms with Crippen LogP contribution in [0.5, 0.6) is 0 Å². The molecule has 0 saturated heterocycles. The summed E-state index contributed by atoms with van der Waals surface area (Å²) in [6, 6.07) is 11.5. The molecule has 2 aromatic carbocycles. The van der Waals surface area contributed by atoms with E-state index in [1.165, 1.54) is 24.4 Å². The summed E-state index contributed by atoms with van der Waals surface area (Å²) in [7, 11) is -3.85. The molecule has 0 radical (unpaired) electrons. The lowest BCUT2D eigenvalue weighted by Gasteiger charge is -2.03. The maximum absolute atomic E-state index is 12.2. The molecule has 0 aliphatic rings. The van der Waals surface area contributed by atoms with Gasteiger partial charge in [-0.1, -0.05) is 24.3 Å². The van der Waals surface area contributed by atoms with Gasteiger partial charge in [0.1, 0.15) is 0 Å². The Bertz CT molecular complexity index is 1050. The fourth-order valence-corrected chi connectivity index (χ4v) is 2.85. The normalized spacial score (nSPS) is 12.0. The predicted molar refractivity (Wildman–Crippen MR) is 85.9 cm³/mol. The van der Waals surface area contributed by atoms with Crippen molar-refractivity contribution < 1.29 is 12.8 Å². The van der Waals surface area contributed by atoms with Crippen LogP contribution >= 0.6 is 0 Å². The van der Waals surface area contributed by atoms with Crippen LogP contribution in [0.3, 0.4) is 0 Å². The molecule has 0 unspecified atom stereocenters. The minimum atomic E-state index is -3.85. The van der Waals surface area contributed by atoms with Gasteiger partial charge in [0.15, 0.2) is 5.58 Å². The van der Waals surface area contributed by atoms with Gasteiger partial charge in [0.2, 0.25) is 0 Å². The zero-order chi connectivity index (χ0) is 16.4. The van der Waals surface area contributed by atoms with Crippen molar-refractivity contribution in [2.24, 2.45) is 5.10 Å². The fraction of sp³-hybridized carbons (Fsp3) is 0.0667. The summed E-state index contributed by atoms with van der Waals surface area (Å²) >= 11 is 0. The zero-order valence-electron chi connectivity index (χ0n) is 12.1. The van der Waals surface area contributed by atoms with Gasteiger partial charge in [-0.05, 0) is 30.2 Å². The van der Waals surface area contributed by atoms with Gasteiger partial charge in [-0.3, -0.25) is 4.98 Å². The molecule has 3 rings (SSSR count). The summed E-state index contributed by atoms with van der Waals surface area (Å²) in [6.45, 7) is 1.90. The van der Waals surface area contributed by atoms with Gasteiger partial charge in [-0.25, -0.2) is 9.63 Å². The van der Waals surface area contributed by atoms with Crippen LogP contribution in [-0.2, 0) is 10.0 Å². The Morgan fingerprint density at radius 2 is 2.00 bits per heavy atom. The average molecular weight is 331 g/mol. The lowest BCUT2D eigenvalue weighted by molar-refractivity contribution is 0.553. The number of aromatic nitrogens is 1. The number of hydrazone groups is 1. The molecule has 7 nitrogen and oxygen atoms in total. The summed E-state index contributed by atoms with van der Waals surface area (Å²) in [5, 5.41) is 3.77. The molecule has 0 saturated carbocycles. The van der Waals surface area contributed by atoms with Crippen LogP contribution in [0, 0.1) is 6.92 Å². The van der Waals surface area contributed by atoms with Crippen molar-refractivity contribution in [3.63, 3.8) is 0 Å². The predicted octanol–water partition coefficient (Wildman–Crippen LogP) is 1.74. The molecule has 2 N–H and O–H groups in total. The topological polar surface area (TPSA) is 105 Å². The van der Waals surface area contributed by atoms with E-state index in [-0.39, 0.29) is 10.5 Å². The molecule has 0 spiro atoms. The minimum absolute atomic E-state index is 0.0466. The summed E-state index contributed by atoms with van der Waals surface area (Å²) < 4.78 is 29.3. The number of benzene rings is 2. The van der Waals surface area contributed by atoms with Crippen molar-refractivity contribution in [1.29, 1.82) is 0 Å². The van der Waals surface area contributed by atoms with E-state index in [4.69, 9.17) is 4.42 Å². The summed E-state index contributed by atoms with van der Waals surface area (Å²) in [4.78, 5) is 15.6. The van der Waals surface area contributed by atoms with E-state index in [2.05, 4.69) is 14.9 Å². The molecule has 0 fully saturated rings. The second-order valence-corrected chi connectivity index (χ2v) is 6.54. The van der Waals surface area contributed by atoms with E-state index in [0.717, 1.165) is 11.1 Å². The molecule has 8 heteroatoms. The van der Waals surface area contributed by atoms with E-state index in [1.807, 2.05) is 31.2 Å². The van der Waals surface area contributed by atoms with Gasteiger partial charge in [-0.2, -0.15) is 13.5 Å². The molecule has 3 aromatic rings. The minimum Gasteiger partial charge on any atom is -0.408 e. The number of oxazole rings is 1. The molecule has 1 aromatic heterocycles. The van der Waals surface area contributed by atoms with E-state index >= 15 is 0 Å². The number of H-pyrrole nitrogens is 1. The summed E-state index contributed by atoms with van der Waals surface area (Å²) in [5.74, 6) is -0.639. The lowest BCUT2D eigenvalue weighted by Crippen LogP contribution is -2.18. The fourth-order valence-electron chi connectivity index (χ4n) is 2.04. The molecule has 118 valence electrons. The standard InChI is InChI=1S/C15H13N3O4S/c1-10-4-2-3-5-11(10)9-16-18-23(20,21)12-6-7-13-14(8-12)22-15(19)17-13/h2-9,18H,1H3,(H,17,19)/b16-9+. The van der Waals surface area contributed by atoms with Gasteiger partial charge in [0.25, 0.3) is 10.0 Å². The maximum Gasteiger partial charge on any atom is 0.417 e. The van der Waals surface area contributed by atoms with Crippen LogP contribution in [0.2, 0.25) is 0 Å². The first kappa shape index (κ1) is 15.0. The Morgan fingerprint density at radius 3 is 2.78 bits per heavy atom. The Kier molecular flexibility index (Phi) is 3.75. The van der Waals surface area contributed by atoms with E-state index in [9.17, 15) is 13.2 Å². The number of sulfonamides is 1. The Hall–Kier alpha value is -2.87.